The predicted molar refractivity (Wildman–Crippen MR) is 93.2 cm³/mol. The fourth-order valence-electron chi connectivity index (χ4n) is 2.67. The quantitative estimate of drug-likeness (QED) is 0.527. The van der Waals surface area contributed by atoms with E-state index in [0.29, 0.717) is 12.0 Å². The fraction of sp³-hybridized carbons (Fsp3) is 0.200. The van der Waals surface area contributed by atoms with Gasteiger partial charge in [0, 0.05) is 18.1 Å². The molecule has 134 valence electrons. The van der Waals surface area contributed by atoms with Gasteiger partial charge in [0.15, 0.2) is 11.2 Å². The Morgan fingerprint density at radius 2 is 1.93 bits per heavy atom. The van der Waals surface area contributed by atoms with Gasteiger partial charge in [0.1, 0.15) is 29.3 Å². The maximum atomic E-state index is 12.5. The molecule has 1 aromatic heterocycles. The summed E-state index contributed by atoms with van der Waals surface area (Å²) in [6.07, 6.45) is -0.267. The van der Waals surface area contributed by atoms with Gasteiger partial charge in [0.05, 0.1) is 6.10 Å². The molecule has 6 nitrogen and oxygen atoms in total. The molecule has 1 unspecified atom stereocenters. The molecule has 0 radical (unpaired) electrons. The van der Waals surface area contributed by atoms with Crippen molar-refractivity contribution < 1.29 is 53.7 Å². The molecule has 0 amide bonds. The van der Waals surface area contributed by atoms with E-state index < -0.39 is 23.3 Å². The first-order valence-corrected chi connectivity index (χ1v) is 8.11. The van der Waals surface area contributed by atoms with Gasteiger partial charge in [-0.3, -0.25) is 4.79 Å². The number of hydrogen-bond donors (Lipinski definition) is 1. The summed E-state index contributed by atoms with van der Waals surface area (Å²) in [5.74, 6) is -1.87. The molecule has 0 aliphatic heterocycles. The van der Waals surface area contributed by atoms with E-state index in [2.05, 4.69) is 0 Å². The average molecular weight is 376 g/mol. The van der Waals surface area contributed by atoms with E-state index >= 15 is 0 Å². The van der Waals surface area contributed by atoms with Crippen LogP contribution in [0.2, 0.25) is 0 Å². The first-order valence-electron chi connectivity index (χ1n) is 8.11. The minimum atomic E-state index is -1.56. The number of carbonyl (C=O) groups excluding carboxylic acids is 1. The Labute approximate surface area is 177 Å². The zero-order valence-corrected chi connectivity index (χ0v) is 17.1. The second kappa shape index (κ2) is 9.19. The number of aromatic carboxylic acids is 1. The predicted octanol–water partition coefficient (Wildman–Crippen LogP) is -1.49. The molecule has 0 saturated carbocycles. The summed E-state index contributed by atoms with van der Waals surface area (Å²) in [6.45, 7) is 1.55. The molecular weight excluding hydrogens is 359 g/mol. The van der Waals surface area contributed by atoms with Gasteiger partial charge in [0.2, 0.25) is 0 Å². The molecule has 27 heavy (non-hydrogen) atoms. The van der Waals surface area contributed by atoms with Crippen LogP contribution < -0.4 is 44.8 Å². The molecule has 0 spiro atoms. The molecule has 1 heterocycles. The maximum absolute atomic E-state index is 12.5. The van der Waals surface area contributed by atoms with Crippen LogP contribution in [0.5, 0.6) is 5.75 Å². The van der Waals surface area contributed by atoms with Crippen molar-refractivity contribution >= 4 is 16.9 Å². The zero-order chi connectivity index (χ0) is 18.7. The summed E-state index contributed by atoms with van der Waals surface area (Å²) >= 11 is 0. The van der Waals surface area contributed by atoms with E-state index in [-0.39, 0.29) is 52.9 Å². The van der Waals surface area contributed by atoms with Crippen molar-refractivity contribution in [3.05, 3.63) is 75.6 Å². The monoisotopic (exact) mass is 376 g/mol. The smallest absolute Gasteiger partial charge is 0.542 e. The third kappa shape index (κ3) is 4.99. The van der Waals surface area contributed by atoms with Crippen LogP contribution in [0.25, 0.3) is 11.0 Å². The summed E-state index contributed by atoms with van der Waals surface area (Å²) in [5.41, 5.74) is 1.23. The van der Waals surface area contributed by atoms with E-state index in [1.165, 1.54) is 0 Å². The number of aliphatic hydroxyl groups is 1. The summed E-state index contributed by atoms with van der Waals surface area (Å²) < 4.78 is 10.9. The largest absolute Gasteiger partial charge is 1.00 e. The molecular formula is C20H17NaO6. The minimum Gasteiger partial charge on any atom is -0.542 e. The number of ether oxygens (including phenoxy) is 1. The second-order valence-corrected chi connectivity index (χ2v) is 6.01. The Kier molecular flexibility index (Phi) is 7.21. The Morgan fingerprint density at radius 3 is 2.56 bits per heavy atom. The van der Waals surface area contributed by atoms with Crippen molar-refractivity contribution in [2.45, 2.75) is 19.4 Å². The van der Waals surface area contributed by atoms with E-state index in [4.69, 9.17) is 9.15 Å². The Morgan fingerprint density at radius 1 is 1.22 bits per heavy atom. The molecule has 0 fully saturated rings. The molecule has 0 saturated heterocycles. The van der Waals surface area contributed by atoms with Crippen LogP contribution >= 0.6 is 0 Å². The van der Waals surface area contributed by atoms with Crippen molar-refractivity contribution in [1.29, 1.82) is 0 Å². The van der Waals surface area contributed by atoms with Gasteiger partial charge in [-0.05, 0) is 18.6 Å². The number of carboxylic acids is 1. The third-order valence-corrected chi connectivity index (χ3v) is 3.84. The SMILES string of the molecule is CC(O)COc1ccc(Cc2ccccc2)c2oc(C(=O)[O-])cc(=O)c12.[Na+]. The van der Waals surface area contributed by atoms with Crippen LogP contribution in [0.3, 0.4) is 0 Å². The number of aliphatic hydroxyl groups excluding tert-OH is 1. The van der Waals surface area contributed by atoms with Crippen molar-refractivity contribution in [2.75, 3.05) is 6.61 Å². The molecule has 1 atom stereocenters. The topological polar surface area (TPSA) is 99.8 Å². The molecule has 0 aliphatic carbocycles. The fourth-order valence-corrected chi connectivity index (χ4v) is 2.67. The Balaban J connectivity index is 0.00000261. The van der Waals surface area contributed by atoms with Gasteiger partial charge in [-0.15, -0.1) is 0 Å². The van der Waals surface area contributed by atoms with E-state index in [9.17, 15) is 19.8 Å². The second-order valence-electron chi connectivity index (χ2n) is 6.01. The van der Waals surface area contributed by atoms with E-state index in [1.807, 2.05) is 30.3 Å². The molecule has 0 bridgehead atoms. The summed E-state index contributed by atoms with van der Waals surface area (Å²) in [7, 11) is 0. The molecule has 3 aromatic rings. The Bertz CT molecular complexity index is 995. The van der Waals surface area contributed by atoms with E-state index in [0.717, 1.165) is 11.6 Å². The van der Waals surface area contributed by atoms with Gasteiger partial charge in [-0.2, -0.15) is 0 Å². The molecule has 2 aromatic carbocycles. The number of carbonyl (C=O) groups is 1. The normalized spacial score (nSPS) is 11.6. The number of carboxylic acid groups (broad SMARTS) is 1. The first-order chi connectivity index (χ1) is 12.5. The van der Waals surface area contributed by atoms with Crippen LogP contribution in [0.4, 0.5) is 0 Å². The first kappa shape index (κ1) is 21.2. The number of fused-ring (bicyclic) bond motifs is 1. The maximum Gasteiger partial charge on any atom is 1.00 e. The molecule has 0 aliphatic rings. The van der Waals surface area contributed by atoms with Crippen LogP contribution in [0, 0.1) is 0 Å². The van der Waals surface area contributed by atoms with Crippen molar-refractivity contribution in [2.24, 2.45) is 0 Å². The van der Waals surface area contributed by atoms with E-state index in [1.54, 1.807) is 19.1 Å². The standard InChI is InChI=1S/C20H18O6.Na/c1-12(21)11-25-16-8-7-14(9-13-5-3-2-4-6-13)19-18(16)15(22)10-17(26-19)20(23)24;/h2-8,10,12,21H,9,11H2,1H3,(H,23,24);/q;+1/p-1. The van der Waals surface area contributed by atoms with Gasteiger partial charge in [-0.25, -0.2) is 0 Å². The van der Waals surface area contributed by atoms with Crippen LogP contribution in [0.1, 0.15) is 28.6 Å². The molecule has 1 N–H and O–H groups in total. The summed E-state index contributed by atoms with van der Waals surface area (Å²) in [6, 6.07) is 13.7. The minimum absolute atomic E-state index is 0. The van der Waals surface area contributed by atoms with Gasteiger partial charge >= 0.3 is 29.6 Å². The molecule has 3 rings (SSSR count). The molecule has 7 heteroatoms. The van der Waals surface area contributed by atoms with Crippen molar-refractivity contribution in [3.8, 4) is 5.75 Å². The summed E-state index contributed by atoms with van der Waals surface area (Å²) in [4.78, 5) is 23.6. The van der Waals surface area contributed by atoms with Gasteiger partial charge in [0.25, 0.3) is 0 Å². The number of benzene rings is 2. The number of rotatable bonds is 6. The van der Waals surface area contributed by atoms with Crippen molar-refractivity contribution in [3.63, 3.8) is 0 Å². The van der Waals surface area contributed by atoms with Crippen LogP contribution in [0.15, 0.2) is 57.7 Å². The zero-order valence-electron chi connectivity index (χ0n) is 15.1. The summed E-state index contributed by atoms with van der Waals surface area (Å²) in [5, 5.41) is 20.7. The van der Waals surface area contributed by atoms with Gasteiger partial charge < -0.3 is 24.2 Å². The average Bonchev–Trinajstić information content (AvgIpc) is 2.61. The van der Waals surface area contributed by atoms with Crippen LogP contribution in [-0.2, 0) is 6.42 Å². The Hall–Kier alpha value is -2.12. The number of hydrogen-bond acceptors (Lipinski definition) is 6. The third-order valence-electron chi connectivity index (χ3n) is 3.84. The van der Waals surface area contributed by atoms with Crippen molar-refractivity contribution in [1.82, 2.24) is 0 Å². The van der Waals surface area contributed by atoms with Gasteiger partial charge in [-0.1, -0.05) is 36.4 Å². The van der Waals surface area contributed by atoms with Crippen LogP contribution in [-0.4, -0.2) is 23.8 Å².